The lowest BCUT2D eigenvalue weighted by Crippen LogP contribution is -2.51. The van der Waals surface area contributed by atoms with Crippen molar-refractivity contribution in [2.75, 3.05) is 47.0 Å². The van der Waals surface area contributed by atoms with Gasteiger partial charge >= 0.3 is 5.97 Å². The fourth-order valence-corrected chi connectivity index (χ4v) is 7.62. The molecule has 2 aromatic heterocycles. The molecule has 0 spiro atoms. The number of hydrogen-bond donors (Lipinski definition) is 1. The molecule has 3 aliphatic rings. The molecule has 0 saturated carbocycles. The zero-order valence-electron chi connectivity index (χ0n) is 27.1. The number of ether oxygens (including phenoxy) is 3. The normalized spacial score (nSPS) is 18.2. The van der Waals surface area contributed by atoms with Crippen LogP contribution >= 0.6 is 23.2 Å². The Morgan fingerprint density at radius 3 is 2.17 bits per heavy atom. The molecule has 2 fully saturated rings. The number of likely N-dealkylation sites (tertiary alicyclic amines) is 2. The van der Waals surface area contributed by atoms with Gasteiger partial charge in [0.2, 0.25) is 11.8 Å². The van der Waals surface area contributed by atoms with Crippen molar-refractivity contribution >= 4 is 29.2 Å². The van der Waals surface area contributed by atoms with E-state index in [1.165, 1.54) is 5.56 Å². The number of pyridine rings is 1. The summed E-state index contributed by atoms with van der Waals surface area (Å²) in [5, 5.41) is 10.7. The molecule has 1 N–H and O–H groups in total. The van der Waals surface area contributed by atoms with Gasteiger partial charge in [0, 0.05) is 66.6 Å². The maximum atomic E-state index is 12.2. The van der Waals surface area contributed by atoms with Crippen LogP contribution in [-0.2, 0) is 22.5 Å². The molecule has 4 heterocycles. The van der Waals surface area contributed by atoms with Crippen LogP contribution in [0, 0.1) is 5.92 Å². The highest BCUT2D eigenvalue weighted by atomic mass is 35.5. The van der Waals surface area contributed by atoms with Crippen molar-refractivity contribution in [2.24, 2.45) is 5.92 Å². The van der Waals surface area contributed by atoms with Gasteiger partial charge in [0.25, 0.3) is 0 Å². The Balaban J connectivity index is 1.17. The molecule has 250 valence electrons. The summed E-state index contributed by atoms with van der Waals surface area (Å²) in [6.45, 7) is 5.33. The van der Waals surface area contributed by atoms with E-state index < -0.39 is 0 Å². The molecule has 2 aliphatic heterocycles. The SMILES string of the molecule is CCOC(=O)C1CN([C@H]2CCc3cc(-c4cccc(-c5cccc(-c6cnc(CN7CC(O)C7)c(OC)n6)c5Cl)c4Cl)nc(OC)c32)C1. The molecule has 0 unspecified atom stereocenters. The summed E-state index contributed by atoms with van der Waals surface area (Å²) in [6.07, 6.45) is 3.20. The van der Waals surface area contributed by atoms with Crippen LogP contribution in [0.5, 0.6) is 11.8 Å². The monoisotopic (exact) mass is 689 g/mol. The molecule has 0 bridgehead atoms. The number of aliphatic hydroxyl groups is 1. The highest BCUT2D eigenvalue weighted by molar-refractivity contribution is 6.39. The van der Waals surface area contributed by atoms with Crippen molar-refractivity contribution in [1.82, 2.24) is 24.8 Å². The molecule has 1 aliphatic carbocycles. The first-order valence-corrected chi connectivity index (χ1v) is 16.9. The number of nitrogens with zero attached hydrogens (tertiary/aromatic N) is 5. The van der Waals surface area contributed by atoms with Gasteiger partial charge in [0.15, 0.2) is 0 Å². The van der Waals surface area contributed by atoms with Crippen molar-refractivity contribution in [3.63, 3.8) is 0 Å². The van der Waals surface area contributed by atoms with E-state index in [4.69, 9.17) is 47.4 Å². The number of fused-ring (bicyclic) bond motifs is 1. The lowest BCUT2D eigenvalue weighted by atomic mass is 9.95. The van der Waals surface area contributed by atoms with E-state index in [9.17, 15) is 9.90 Å². The Bertz CT molecular complexity index is 1860. The van der Waals surface area contributed by atoms with Gasteiger partial charge in [-0.05, 0) is 31.4 Å². The van der Waals surface area contributed by atoms with E-state index in [0.29, 0.717) is 78.1 Å². The van der Waals surface area contributed by atoms with Crippen molar-refractivity contribution in [3.05, 3.63) is 75.5 Å². The van der Waals surface area contributed by atoms with Crippen molar-refractivity contribution < 1.29 is 24.1 Å². The van der Waals surface area contributed by atoms with E-state index in [-0.39, 0.29) is 24.0 Å². The van der Waals surface area contributed by atoms with Crippen LogP contribution in [0.4, 0.5) is 0 Å². The molecule has 48 heavy (non-hydrogen) atoms. The van der Waals surface area contributed by atoms with E-state index in [1.54, 1.807) is 20.4 Å². The number of benzene rings is 2. The number of carbonyl (C=O) groups is 1. The van der Waals surface area contributed by atoms with Gasteiger partial charge in [-0.2, -0.15) is 0 Å². The van der Waals surface area contributed by atoms with Crippen LogP contribution in [0.25, 0.3) is 33.6 Å². The van der Waals surface area contributed by atoms with Crippen LogP contribution in [0.3, 0.4) is 0 Å². The third kappa shape index (κ3) is 6.01. The standard InChI is InChI=1S/C36H37Cl2N5O5/c1-4-48-36(45)21-15-43(16-21)30-12-11-20-13-27(40-35(47-3)31(20)30)25-9-5-7-23(32(25)37)24-8-6-10-26(33(24)38)28-14-39-29(34(41-28)46-2)19-42-17-22(44)18-42/h5-10,13-14,21-22,30,44H,4,11-12,15-19H2,1-3H3/t30-/m0/s1. The second kappa shape index (κ2) is 13.6. The predicted octanol–water partition coefficient (Wildman–Crippen LogP) is 5.86. The molecular formula is C36H37Cl2N5O5. The Kier molecular flexibility index (Phi) is 9.28. The van der Waals surface area contributed by atoms with Gasteiger partial charge in [-0.15, -0.1) is 0 Å². The third-order valence-electron chi connectivity index (χ3n) is 9.45. The summed E-state index contributed by atoms with van der Waals surface area (Å²) in [7, 11) is 3.21. The summed E-state index contributed by atoms with van der Waals surface area (Å²) in [4.78, 5) is 30.9. The molecule has 2 aromatic carbocycles. The number of halogens is 2. The van der Waals surface area contributed by atoms with Crippen LogP contribution in [0.15, 0.2) is 48.7 Å². The fraction of sp³-hybridized carbons (Fsp3) is 0.389. The first-order valence-electron chi connectivity index (χ1n) is 16.2. The number of aryl methyl sites for hydroxylation is 1. The number of rotatable bonds is 10. The largest absolute Gasteiger partial charge is 0.481 e. The topological polar surface area (TPSA) is 110 Å². The minimum absolute atomic E-state index is 0.0847. The Hall–Kier alpha value is -3.80. The highest BCUT2D eigenvalue weighted by Gasteiger charge is 2.42. The van der Waals surface area contributed by atoms with Gasteiger partial charge in [-0.25, -0.2) is 9.97 Å². The maximum absolute atomic E-state index is 12.2. The first kappa shape index (κ1) is 32.7. The van der Waals surface area contributed by atoms with E-state index in [0.717, 1.165) is 40.8 Å². The molecule has 0 amide bonds. The van der Waals surface area contributed by atoms with Crippen molar-refractivity contribution in [3.8, 4) is 45.4 Å². The zero-order chi connectivity index (χ0) is 33.5. The number of carbonyl (C=O) groups excluding carboxylic acids is 1. The first-order chi connectivity index (χ1) is 23.3. The Morgan fingerprint density at radius 1 is 0.917 bits per heavy atom. The summed E-state index contributed by atoms with van der Waals surface area (Å²) < 4.78 is 16.6. The lowest BCUT2D eigenvalue weighted by Gasteiger charge is -2.42. The maximum Gasteiger partial charge on any atom is 0.311 e. The molecule has 7 rings (SSSR count). The van der Waals surface area contributed by atoms with Crippen LogP contribution in [-0.4, -0.2) is 88.9 Å². The highest BCUT2D eigenvalue weighted by Crippen LogP contribution is 2.47. The number of hydrogen-bond acceptors (Lipinski definition) is 10. The lowest BCUT2D eigenvalue weighted by molar-refractivity contribution is -0.155. The average molecular weight is 691 g/mol. The minimum Gasteiger partial charge on any atom is -0.481 e. The number of aromatic nitrogens is 3. The van der Waals surface area contributed by atoms with Gasteiger partial charge in [0.05, 0.1) is 60.5 Å². The van der Waals surface area contributed by atoms with Crippen LogP contribution < -0.4 is 9.47 Å². The molecule has 12 heteroatoms. The summed E-state index contributed by atoms with van der Waals surface area (Å²) in [5.41, 5.74) is 7.24. The van der Waals surface area contributed by atoms with E-state index in [2.05, 4.69) is 20.9 Å². The zero-order valence-corrected chi connectivity index (χ0v) is 28.6. The van der Waals surface area contributed by atoms with Crippen molar-refractivity contribution in [1.29, 1.82) is 0 Å². The number of methoxy groups -OCH3 is 2. The smallest absolute Gasteiger partial charge is 0.311 e. The molecule has 2 saturated heterocycles. The predicted molar refractivity (Wildman–Crippen MR) is 183 cm³/mol. The quantitative estimate of drug-likeness (QED) is 0.204. The molecule has 0 radical (unpaired) electrons. The second-order valence-corrected chi connectivity index (χ2v) is 13.2. The Labute approximate surface area is 289 Å². The van der Waals surface area contributed by atoms with Crippen molar-refractivity contribution in [2.45, 2.75) is 38.5 Å². The summed E-state index contributed by atoms with van der Waals surface area (Å²) in [6, 6.07) is 13.8. The molecular weight excluding hydrogens is 653 g/mol. The molecule has 1 atom stereocenters. The fourth-order valence-electron chi connectivity index (χ4n) is 6.97. The average Bonchev–Trinajstić information content (AvgIpc) is 3.47. The van der Waals surface area contributed by atoms with Crippen LogP contribution in [0.2, 0.25) is 10.0 Å². The third-order valence-corrected chi connectivity index (χ3v) is 10.3. The summed E-state index contributed by atoms with van der Waals surface area (Å²) in [5.74, 6) is 0.783. The minimum atomic E-state index is -0.299. The van der Waals surface area contributed by atoms with E-state index >= 15 is 0 Å². The number of β-amino-alcohol motifs (C(OH)–C–C–N with tert-alkyl or cyclic N) is 1. The van der Waals surface area contributed by atoms with Gasteiger partial charge in [-0.1, -0.05) is 59.6 Å². The molecule has 10 nitrogen and oxygen atoms in total. The summed E-state index contributed by atoms with van der Waals surface area (Å²) >= 11 is 14.2. The van der Waals surface area contributed by atoms with Crippen LogP contribution in [0.1, 0.15) is 36.2 Å². The number of esters is 1. The van der Waals surface area contributed by atoms with Gasteiger partial charge in [-0.3, -0.25) is 19.6 Å². The van der Waals surface area contributed by atoms with Gasteiger partial charge in [0.1, 0.15) is 5.69 Å². The van der Waals surface area contributed by atoms with E-state index in [1.807, 2.05) is 43.3 Å². The molecule has 4 aromatic rings. The Morgan fingerprint density at radius 2 is 1.54 bits per heavy atom. The second-order valence-electron chi connectivity index (χ2n) is 12.4. The number of aliphatic hydroxyl groups excluding tert-OH is 1. The van der Waals surface area contributed by atoms with Gasteiger partial charge < -0.3 is 19.3 Å².